The minimum atomic E-state index is 0.245. The Morgan fingerprint density at radius 2 is 2.33 bits per heavy atom. The molecule has 15 heavy (non-hydrogen) atoms. The van der Waals surface area contributed by atoms with E-state index in [1.165, 1.54) is 0 Å². The topological polar surface area (TPSA) is 44.1 Å². The maximum Gasteiger partial charge on any atom is 0.138 e. The molecule has 1 rings (SSSR count). The zero-order chi connectivity index (χ0) is 11.3. The number of ether oxygens (including phenoxy) is 1. The van der Waals surface area contributed by atoms with Gasteiger partial charge in [-0.3, -0.25) is 9.48 Å². The second-order valence-electron chi connectivity index (χ2n) is 3.71. The Labute approximate surface area is 90.2 Å². The summed E-state index contributed by atoms with van der Waals surface area (Å²) in [5, 5.41) is 4.20. The van der Waals surface area contributed by atoms with Crippen LogP contribution in [0.2, 0.25) is 0 Å². The number of hydrogen-bond acceptors (Lipinski definition) is 3. The summed E-state index contributed by atoms with van der Waals surface area (Å²) in [5.41, 5.74) is 1.94. The number of methoxy groups -OCH3 is 1. The molecule has 0 amide bonds. The quantitative estimate of drug-likeness (QED) is 0.664. The lowest BCUT2D eigenvalue weighted by atomic mass is 10.1. The van der Waals surface area contributed by atoms with Gasteiger partial charge in [0.05, 0.1) is 5.69 Å². The number of carbonyl (C=O) groups is 1. The number of rotatable bonds is 6. The number of carbonyl (C=O) groups excluding carboxylic acids is 1. The highest BCUT2D eigenvalue weighted by Crippen LogP contribution is 2.05. The fraction of sp³-hybridized carbons (Fsp3) is 0.636. The SMILES string of the molecule is COCCCC(=O)Cc1cc(C)nn1C. The first kappa shape index (κ1) is 11.9. The first-order chi connectivity index (χ1) is 7.13. The Morgan fingerprint density at radius 3 is 2.87 bits per heavy atom. The van der Waals surface area contributed by atoms with Crippen LogP contribution in [0.5, 0.6) is 0 Å². The van der Waals surface area contributed by atoms with Crippen LogP contribution in [0, 0.1) is 6.92 Å². The van der Waals surface area contributed by atoms with E-state index in [0.29, 0.717) is 19.4 Å². The molecular weight excluding hydrogens is 192 g/mol. The van der Waals surface area contributed by atoms with Crippen LogP contribution in [0.4, 0.5) is 0 Å². The fourth-order valence-corrected chi connectivity index (χ4v) is 1.53. The van der Waals surface area contributed by atoms with Crippen LogP contribution in [0.1, 0.15) is 24.2 Å². The normalized spacial score (nSPS) is 10.6. The van der Waals surface area contributed by atoms with Gasteiger partial charge in [0.2, 0.25) is 0 Å². The van der Waals surface area contributed by atoms with Crippen LogP contribution in [-0.4, -0.2) is 29.3 Å². The molecule has 4 nitrogen and oxygen atoms in total. The molecule has 0 saturated carbocycles. The number of hydrogen-bond donors (Lipinski definition) is 0. The predicted molar refractivity (Wildman–Crippen MR) is 57.8 cm³/mol. The van der Waals surface area contributed by atoms with Crippen molar-refractivity contribution in [2.75, 3.05) is 13.7 Å². The third-order valence-electron chi connectivity index (χ3n) is 2.28. The first-order valence-corrected chi connectivity index (χ1v) is 5.13. The van der Waals surface area contributed by atoms with Gasteiger partial charge in [-0.05, 0) is 19.4 Å². The van der Waals surface area contributed by atoms with Gasteiger partial charge < -0.3 is 4.74 Å². The third kappa shape index (κ3) is 3.83. The van der Waals surface area contributed by atoms with Crippen molar-refractivity contribution in [3.63, 3.8) is 0 Å². The summed E-state index contributed by atoms with van der Waals surface area (Å²) >= 11 is 0. The molecular formula is C11H18N2O2. The van der Waals surface area contributed by atoms with Crippen molar-refractivity contribution in [1.29, 1.82) is 0 Å². The Kier molecular flexibility index (Phi) is 4.49. The average Bonchev–Trinajstić information content (AvgIpc) is 2.45. The molecule has 0 aliphatic rings. The van der Waals surface area contributed by atoms with Gasteiger partial charge in [-0.1, -0.05) is 0 Å². The van der Waals surface area contributed by atoms with Crippen molar-refractivity contribution in [3.05, 3.63) is 17.5 Å². The van der Waals surface area contributed by atoms with E-state index in [-0.39, 0.29) is 5.78 Å². The minimum Gasteiger partial charge on any atom is -0.385 e. The number of Topliss-reactive ketones (excluding diaryl/α,β-unsaturated/α-hetero) is 1. The van der Waals surface area contributed by atoms with E-state index in [1.807, 2.05) is 20.0 Å². The minimum absolute atomic E-state index is 0.245. The lowest BCUT2D eigenvalue weighted by molar-refractivity contribution is -0.118. The van der Waals surface area contributed by atoms with E-state index in [0.717, 1.165) is 17.8 Å². The molecule has 0 aliphatic carbocycles. The predicted octanol–water partition coefficient (Wildman–Crippen LogP) is 1.27. The Balaban J connectivity index is 2.41. The Bertz CT molecular complexity index is 331. The van der Waals surface area contributed by atoms with E-state index in [2.05, 4.69) is 5.10 Å². The molecule has 0 unspecified atom stereocenters. The fourth-order valence-electron chi connectivity index (χ4n) is 1.53. The summed E-state index contributed by atoms with van der Waals surface area (Å²) in [7, 11) is 3.51. The molecule has 0 atom stereocenters. The zero-order valence-corrected chi connectivity index (χ0v) is 9.62. The average molecular weight is 210 g/mol. The maximum atomic E-state index is 11.6. The van der Waals surface area contributed by atoms with Crippen molar-refractivity contribution in [1.82, 2.24) is 9.78 Å². The summed E-state index contributed by atoms with van der Waals surface area (Å²) in [6, 6.07) is 1.95. The summed E-state index contributed by atoms with van der Waals surface area (Å²) < 4.78 is 6.67. The molecule has 0 saturated heterocycles. The highest BCUT2D eigenvalue weighted by atomic mass is 16.5. The second kappa shape index (κ2) is 5.66. The van der Waals surface area contributed by atoms with Crippen LogP contribution in [-0.2, 0) is 23.0 Å². The molecule has 0 N–H and O–H groups in total. The third-order valence-corrected chi connectivity index (χ3v) is 2.28. The first-order valence-electron chi connectivity index (χ1n) is 5.13. The van der Waals surface area contributed by atoms with Crippen LogP contribution < -0.4 is 0 Å². The monoisotopic (exact) mass is 210 g/mol. The highest BCUT2D eigenvalue weighted by molar-refractivity contribution is 5.80. The molecule has 1 aromatic heterocycles. The molecule has 1 heterocycles. The second-order valence-corrected chi connectivity index (χ2v) is 3.71. The van der Waals surface area contributed by atoms with Crippen LogP contribution in [0.15, 0.2) is 6.07 Å². The van der Waals surface area contributed by atoms with Gasteiger partial charge in [0, 0.05) is 39.3 Å². The van der Waals surface area contributed by atoms with Crippen LogP contribution in [0.25, 0.3) is 0 Å². The molecule has 0 fully saturated rings. The summed E-state index contributed by atoms with van der Waals surface area (Å²) in [5.74, 6) is 0.245. The molecule has 84 valence electrons. The lowest BCUT2D eigenvalue weighted by Crippen LogP contribution is -2.08. The highest BCUT2D eigenvalue weighted by Gasteiger charge is 2.07. The van der Waals surface area contributed by atoms with Crippen molar-refractivity contribution >= 4 is 5.78 Å². The number of ketones is 1. The number of nitrogens with zero attached hydrogens (tertiary/aromatic N) is 2. The van der Waals surface area contributed by atoms with E-state index in [4.69, 9.17) is 4.74 Å². The summed E-state index contributed by atoms with van der Waals surface area (Å²) in [6.07, 6.45) is 1.85. The van der Waals surface area contributed by atoms with Crippen molar-refractivity contribution in [2.24, 2.45) is 7.05 Å². The van der Waals surface area contributed by atoms with E-state index >= 15 is 0 Å². The van der Waals surface area contributed by atoms with E-state index in [9.17, 15) is 4.79 Å². The largest absolute Gasteiger partial charge is 0.385 e. The van der Waals surface area contributed by atoms with Gasteiger partial charge in [-0.15, -0.1) is 0 Å². The molecule has 0 aromatic carbocycles. The molecule has 0 radical (unpaired) electrons. The van der Waals surface area contributed by atoms with Crippen molar-refractivity contribution in [2.45, 2.75) is 26.2 Å². The zero-order valence-electron chi connectivity index (χ0n) is 9.62. The number of aryl methyl sites for hydroxylation is 2. The van der Waals surface area contributed by atoms with Gasteiger partial charge in [0.1, 0.15) is 5.78 Å². The molecule has 0 bridgehead atoms. The number of aromatic nitrogens is 2. The standard InChI is InChI=1S/C11H18N2O2/c1-9-7-10(13(2)12-9)8-11(14)5-4-6-15-3/h7H,4-6,8H2,1-3H3. The van der Waals surface area contributed by atoms with E-state index < -0.39 is 0 Å². The van der Waals surface area contributed by atoms with Gasteiger partial charge in [-0.25, -0.2) is 0 Å². The lowest BCUT2D eigenvalue weighted by Gasteiger charge is -2.01. The summed E-state index contributed by atoms with van der Waals surface area (Å²) in [4.78, 5) is 11.6. The van der Waals surface area contributed by atoms with Gasteiger partial charge in [-0.2, -0.15) is 5.10 Å². The van der Waals surface area contributed by atoms with Gasteiger partial charge in [0.25, 0.3) is 0 Å². The van der Waals surface area contributed by atoms with Crippen LogP contribution in [0.3, 0.4) is 0 Å². The van der Waals surface area contributed by atoms with Crippen molar-refractivity contribution < 1.29 is 9.53 Å². The smallest absolute Gasteiger partial charge is 0.138 e. The Morgan fingerprint density at radius 1 is 1.60 bits per heavy atom. The molecule has 0 spiro atoms. The Hall–Kier alpha value is -1.16. The maximum absolute atomic E-state index is 11.6. The van der Waals surface area contributed by atoms with E-state index in [1.54, 1.807) is 11.8 Å². The molecule has 4 heteroatoms. The summed E-state index contributed by atoms with van der Waals surface area (Å²) in [6.45, 7) is 2.58. The van der Waals surface area contributed by atoms with Crippen molar-refractivity contribution in [3.8, 4) is 0 Å². The molecule has 1 aromatic rings. The van der Waals surface area contributed by atoms with Crippen LogP contribution >= 0.6 is 0 Å². The van der Waals surface area contributed by atoms with Gasteiger partial charge in [0.15, 0.2) is 0 Å². The molecule has 0 aliphatic heterocycles. The van der Waals surface area contributed by atoms with Gasteiger partial charge >= 0.3 is 0 Å².